The molecule has 7 heteroatoms. The van der Waals surface area contributed by atoms with Crippen LogP contribution in [0.1, 0.15) is 27.7 Å². The second-order valence-corrected chi connectivity index (χ2v) is 6.41. The first-order valence-corrected chi connectivity index (χ1v) is 6.73. The van der Waals surface area contributed by atoms with E-state index in [2.05, 4.69) is 15.9 Å². The average Bonchev–Trinajstić information content (AvgIpc) is 2.48. The summed E-state index contributed by atoms with van der Waals surface area (Å²) in [7, 11) is -0.586. The lowest BCUT2D eigenvalue weighted by atomic mass is 9.79. The van der Waals surface area contributed by atoms with E-state index in [9.17, 15) is 10.1 Å². The fourth-order valence-corrected chi connectivity index (χ4v) is 2.19. The van der Waals surface area contributed by atoms with Crippen molar-refractivity contribution in [2.75, 3.05) is 0 Å². The van der Waals surface area contributed by atoms with Crippen molar-refractivity contribution in [2.24, 2.45) is 0 Å². The van der Waals surface area contributed by atoms with Crippen molar-refractivity contribution < 1.29 is 14.2 Å². The average molecular weight is 328 g/mol. The van der Waals surface area contributed by atoms with Crippen molar-refractivity contribution in [1.29, 1.82) is 0 Å². The monoisotopic (exact) mass is 327 g/mol. The summed E-state index contributed by atoms with van der Waals surface area (Å²) in [6, 6.07) is 4.88. The van der Waals surface area contributed by atoms with Gasteiger partial charge in [0.1, 0.15) is 0 Å². The van der Waals surface area contributed by atoms with Gasteiger partial charge in [-0.2, -0.15) is 0 Å². The number of rotatable bonds is 2. The molecule has 0 spiro atoms. The summed E-state index contributed by atoms with van der Waals surface area (Å²) in [6.07, 6.45) is 0. The molecule has 1 fully saturated rings. The third kappa shape index (κ3) is 2.54. The summed E-state index contributed by atoms with van der Waals surface area (Å²) in [6.45, 7) is 7.78. The summed E-state index contributed by atoms with van der Waals surface area (Å²) < 4.78 is 12.2. The van der Waals surface area contributed by atoms with Crippen LogP contribution in [-0.4, -0.2) is 23.2 Å². The van der Waals surface area contributed by atoms with Crippen molar-refractivity contribution in [3.8, 4) is 0 Å². The van der Waals surface area contributed by atoms with E-state index < -0.39 is 23.2 Å². The number of benzene rings is 1. The van der Waals surface area contributed by atoms with Crippen LogP contribution >= 0.6 is 15.9 Å². The minimum atomic E-state index is -0.586. The maximum Gasteiger partial charge on any atom is 0.495 e. The van der Waals surface area contributed by atoms with Crippen molar-refractivity contribution in [2.45, 2.75) is 38.9 Å². The molecule has 0 unspecified atom stereocenters. The van der Waals surface area contributed by atoms with E-state index in [1.165, 1.54) is 6.07 Å². The Morgan fingerprint density at radius 2 is 1.74 bits per heavy atom. The number of nitrogens with zero attached hydrogens (tertiary/aromatic N) is 1. The van der Waals surface area contributed by atoms with Crippen molar-refractivity contribution in [3.05, 3.63) is 32.8 Å². The maximum atomic E-state index is 10.9. The van der Waals surface area contributed by atoms with E-state index in [4.69, 9.17) is 9.31 Å². The summed E-state index contributed by atoms with van der Waals surface area (Å²) in [5, 5.41) is 10.9. The van der Waals surface area contributed by atoms with Gasteiger partial charge in [-0.3, -0.25) is 10.1 Å². The Labute approximate surface area is 120 Å². The van der Waals surface area contributed by atoms with Gasteiger partial charge in [0.15, 0.2) is 0 Å². The molecule has 1 aromatic carbocycles. The van der Waals surface area contributed by atoms with Crippen LogP contribution in [0.3, 0.4) is 0 Å². The predicted molar refractivity (Wildman–Crippen MR) is 76.5 cm³/mol. The Kier molecular flexibility index (Phi) is 3.49. The molecule has 1 aliphatic rings. The Hall–Kier alpha value is -0.915. The van der Waals surface area contributed by atoms with E-state index in [0.717, 1.165) is 0 Å². The topological polar surface area (TPSA) is 61.6 Å². The number of hydrogen-bond donors (Lipinski definition) is 0. The number of nitro benzene ring substituents is 1. The Bertz CT molecular complexity index is 516. The minimum Gasteiger partial charge on any atom is -0.399 e. The fraction of sp³-hybridized carbons (Fsp3) is 0.500. The molecule has 5 nitrogen and oxygen atoms in total. The van der Waals surface area contributed by atoms with Gasteiger partial charge in [-0.1, -0.05) is 6.07 Å². The first-order chi connectivity index (χ1) is 8.64. The summed E-state index contributed by atoms with van der Waals surface area (Å²) in [4.78, 5) is 10.5. The lowest BCUT2D eigenvalue weighted by molar-refractivity contribution is -0.385. The van der Waals surface area contributed by atoms with Gasteiger partial charge in [0.2, 0.25) is 0 Å². The van der Waals surface area contributed by atoms with E-state index in [1.54, 1.807) is 12.1 Å². The van der Waals surface area contributed by atoms with E-state index >= 15 is 0 Å². The molecule has 1 aromatic rings. The van der Waals surface area contributed by atoms with Gasteiger partial charge < -0.3 is 9.31 Å². The molecule has 0 bridgehead atoms. The number of hydrogen-bond acceptors (Lipinski definition) is 4. The minimum absolute atomic E-state index is 0.00668. The molecular weight excluding hydrogens is 313 g/mol. The van der Waals surface area contributed by atoms with Gasteiger partial charge in [-0.25, -0.2) is 0 Å². The zero-order valence-corrected chi connectivity index (χ0v) is 12.9. The quantitative estimate of drug-likeness (QED) is 0.476. The van der Waals surface area contributed by atoms with Crippen LogP contribution in [0.5, 0.6) is 0 Å². The molecule has 0 amide bonds. The fourth-order valence-electron chi connectivity index (χ4n) is 1.80. The van der Waals surface area contributed by atoms with Crippen LogP contribution in [0, 0.1) is 10.1 Å². The zero-order valence-electron chi connectivity index (χ0n) is 11.3. The smallest absolute Gasteiger partial charge is 0.399 e. The van der Waals surface area contributed by atoms with Gasteiger partial charge in [-0.05, 0) is 55.2 Å². The van der Waals surface area contributed by atoms with Crippen molar-refractivity contribution in [3.63, 3.8) is 0 Å². The standard InChI is InChI=1S/C12H15BBrNO4/c1-11(2)12(3,4)19-13(18-11)8-5-6-9(14)10(7-8)15(16)17/h5-7H,1-4H3. The third-order valence-electron chi connectivity index (χ3n) is 3.69. The molecule has 1 aliphatic heterocycles. The molecule has 2 rings (SSSR count). The van der Waals surface area contributed by atoms with Gasteiger partial charge >= 0.3 is 7.12 Å². The van der Waals surface area contributed by atoms with E-state index in [-0.39, 0.29) is 5.69 Å². The van der Waals surface area contributed by atoms with Crippen LogP contribution in [-0.2, 0) is 9.31 Å². The first-order valence-electron chi connectivity index (χ1n) is 5.93. The second kappa shape index (κ2) is 4.57. The highest BCUT2D eigenvalue weighted by molar-refractivity contribution is 9.10. The van der Waals surface area contributed by atoms with Crippen LogP contribution < -0.4 is 5.46 Å². The van der Waals surface area contributed by atoms with Crippen LogP contribution in [0.15, 0.2) is 22.7 Å². The molecule has 0 N–H and O–H groups in total. The molecular formula is C12H15BBrNO4. The van der Waals surface area contributed by atoms with Crippen LogP contribution in [0.4, 0.5) is 5.69 Å². The first kappa shape index (κ1) is 14.5. The number of nitro groups is 1. The molecule has 0 atom stereocenters. The van der Waals surface area contributed by atoms with Gasteiger partial charge in [0.25, 0.3) is 5.69 Å². The normalized spacial score (nSPS) is 20.6. The highest BCUT2D eigenvalue weighted by Gasteiger charge is 2.51. The number of halogens is 1. The lowest BCUT2D eigenvalue weighted by Gasteiger charge is -2.32. The Balaban J connectivity index is 2.35. The van der Waals surface area contributed by atoms with E-state index in [0.29, 0.717) is 9.94 Å². The van der Waals surface area contributed by atoms with Crippen LogP contribution in [0.2, 0.25) is 0 Å². The second-order valence-electron chi connectivity index (χ2n) is 5.56. The van der Waals surface area contributed by atoms with Crippen molar-refractivity contribution >= 4 is 34.2 Å². The largest absolute Gasteiger partial charge is 0.495 e. The maximum absolute atomic E-state index is 10.9. The summed E-state index contributed by atoms with van der Waals surface area (Å²) in [5.74, 6) is 0. The molecule has 1 heterocycles. The Morgan fingerprint density at radius 3 is 2.21 bits per heavy atom. The van der Waals surface area contributed by atoms with Crippen molar-refractivity contribution in [1.82, 2.24) is 0 Å². The predicted octanol–water partition coefficient (Wildman–Crippen LogP) is 2.66. The van der Waals surface area contributed by atoms with Gasteiger partial charge in [0.05, 0.1) is 20.6 Å². The van der Waals surface area contributed by atoms with Gasteiger partial charge in [-0.15, -0.1) is 0 Å². The molecule has 0 radical (unpaired) electrons. The zero-order chi connectivity index (χ0) is 14.4. The lowest BCUT2D eigenvalue weighted by Crippen LogP contribution is -2.41. The molecule has 1 saturated heterocycles. The molecule has 19 heavy (non-hydrogen) atoms. The van der Waals surface area contributed by atoms with Crippen LogP contribution in [0.25, 0.3) is 0 Å². The molecule has 0 aromatic heterocycles. The third-order valence-corrected chi connectivity index (χ3v) is 4.36. The molecule has 0 saturated carbocycles. The highest BCUT2D eigenvalue weighted by Crippen LogP contribution is 2.37. The SMILES string of the molecule is CC1(C)OB(c2ccc(Br)c([N+](=O)[O-])c2)OC1(C)C. The highest BCUT2D eigenvalue weighted by atomic mass is 79.9. The van der Waals surface area contributed by atoms with Gasteiger partial charge in [0, 0.05) is 6.07 Å². The summed E-state index contributed by atoms with van der Waals surface area (Å²) >= 11 is 3.16. The Morgan fingerprint density at radius 1 is 1.21 bits per heavy atom. The van der Waals surface area contributed by atoms with E-state index in [1.807, 2.05) is 27.7 Å². The molecule has 102 valence electrons. The molecule has 0 aliphatic carbocycles. The summed E-state index contributed by atoms with van der Waals surface area (Å²) in [5.41, 5.74) is -0.264.